The minimum atomic E-state index is 0.0235. The van der Waals surface area contributed by atoms with Crippen LogP contribution in [-0.2, 0) is 4.79 Å². The first kappa shape index (κ1) is 21.1. The summed E-state index contributed by atoms with van der Waals surface area (Å²) in [6.45, 7) is 6.80. The Balaban J connectivity index is 2.46. The van der Waals surface area contributed by atoms with Gasteiger partial charge in [0.15, 0.2) is 5.96 Å². The molecule has 0 atom stereocenters. The first-order chi connectivity index (χ1) is 11.6. The number of carbonyl (C=O) groups excluding carboxylic acids is 1. The van der Waals surface area contributed by atoms with Gasteiger partial charge in [0.05, 0.1) is 0 Å². The van der Waals surface area contributed by atoms with Crippen LogP contribution in [0.2, 0.25) is 0 Å². The molecule has 1 fully saturated rings. The van der Waals surface area contributed by atoms with Crippen molar-refractivity contribution in [3.8, 4) is 0 Å². The quantitative estimate of drug-likeness (QED) is 0.369. The molecule has 7 heteroatoms. The molecule has 0 aromatic carbocycles. The summed E-state index contributed by atoms with van der Waals surface area (Å²) in [5, 5.41) is 6.86. The molecule has 2 N–H and O–H groups in total. The summed E-state index contributed by atoms with van der Waals surface area (Å²) in [4.78, 5) is 20.4. The Morgan fingerprint density at radius 1 is 1.33 bits per heavy atom. The molecule has 0 saturated carbocycles. The highest BCUT2D eigenvalue weighted by Gasteiger charge is 2.19. The highest BCUT2D eigenvalue weighted by atomic mass is 32.2. The third kappa shape index (κ3) is 8.78. The molecule has 0 radical (unpaired) electrons. The van der Waals surface area contributed by atoms with E-state index >= 15 is 0 Å². The van der Waals surface area contributed by atoms with Crippen LogP contribution in [0.4, 0.5) is 0 Å². The second kappa shape index (κ2) is 12.4. The van der Waals surface area contributed by atoms with Crippen molar-refractivity contribution in [1.29, 1.82) is 0 Å². The standard InChI is InChI=1S/C17H35N5OS/c1-5-6-10-22-11-7-15(8-12-22)20-17(18-9-13-24-4)19-14-16(23)21(2)3/h15H,5-14H2,1-4H3,(H2,18,19,20). The van der Waals surface area contributed by atoms with E-state index in [2.05, 4.69) is 33.7 Å². The van der Waals surface area contributed by atoms with Gasteiger partial charge >= 0.3 is 0 Å². The number of hydrogen-bond donors (Lipinski definition) is 2. The van der Waals surface area contributed by atoms with Gasteiger partial charge in [0, 0.05) is 45.5 Å². The van der Waals surface area contributed by atoms with E-state index in [1.165, 1.54) is 19.4 Å². The van der Waals surface area contributed by atoms with Crippen molar-refractivity contribution >= 4 is 23.6 Å². The maximum Gasteiger partial charge on any atom is 0.243 e. The van der Waals surface area contributed by atoms with E-state index < -0.39 is 0 Å². The predicted octanol–water partition coefficient (Wildman–Crippen LogP) is 1.24. The Labute approximate surface area is 151 Å². The van der Waals surface area contributed by atoms with Gasteiger partial charge < -0.3 is 20.4 Å². The second-order valence-corrected chi connectivity index (χ2v) is 7.47. The van der Waals surface area contributed by atoms with Gasteiger partial charge in [-0.15, -0.1) is 0 Å². The van der Waals surface area contributed by atoms with Crippen LogP contribution in [0.3, 0.4) is 0 Å². The summed E-state index contributed by atoms with van der Waals surface area (Å²) in [7, 11) is 3.52. The molecule has 1 rings (SSSR count). The molecule has 0 bridgehead atoms. The summed E-state index contributed by atoms with van der Waals surface area (Å²) in [6.07, 6.45) is 6.90. The monoisotopic (exact) mass is 357 g/mol. The lowest BCUT2D eigenvalue weighted by molar-refractivity contribution is -0.127. The Bertz CT molecular complexity index is 381. The molecule has 1 saturated heterocycles. The highest BCUT2D eigenvalue weighted by molar-refractivity contribution is 7.98. The number of carbonyl (C=O) groups is 1. The number of piperidine rings is 1. The number of likely N-dealkylation sites (tertiary alicyclic amines) is 1. The Hall–Kier alpha value is -0.950. The SMILES string of the molecule is CCCCN1CCC(NC(=NCC(=O)N(C)C)NCCSC)CC1. The molecular formula is C17H35N5OS. The molecular weight excluding hydrogens is 322 g/mol. The number of guanidine groups is 1. The fourth-order valence-corrected chi connectivity index (χ4v) is 2.89. The Morgan fingerprint density at radius 2 is 2.04 bits per heavy atom. The van der Waals surface area contributed by atoms with Gasteiger partial charge in [0.25, 0.3) is 0 Å². The van der Waals surface area contributed by atoms with Crippen LogP contribution < -0.4 is 10.6 Å². The summed E-state index contributed by atoms with van der Waals surface area (Å²) >= 11 is 1.80. The van der Waals surface area contributed by atoms with Crippen molar-refractivity contribution in [3.63, 3.8) is 0 Å². The first-order valence-corrected chi connectivity index (χ1v) is 10.4. The van der Waals surface area contributed by atoms with Crippen molar-refractivity contribution in [3.05, 3.63) is 0 Å². The van der Waals surface area contributed by atoms with Gasteiger partial charge in [-0.25, -0.2) is 4.99 Å². The van der Waals surface area contributed by atoms with E-state index in [1.54, 1.807) is 30.8 Å². The van der Waals surface area contributed by atoms with Crippen molar-refractivity contribution in [1.82, 2.24) is 20.4 Å². The second-order valence-electron chi connectivity index (χ2n) is 6.49. The van der Waals surface area contributed by atoms with Crippen LogP contribution in [0, 0.1) is 0 Å². The number of nitrogens with zero attached hydrogens (tertiary/aromatic N) is 3. The largest absolute Gasteiger partial charge is 0.356 e. The van der Waals surface area contributed by atoms with Crippen LogP contribution in [0.1, 0.15) is 32.6 Å². The van der Waals surface area contributed by atoms with Gasteiger partial charge in [-0.1, -0.05) is 13.3 Å². The fraction of sp³-hybridized carbons (Fsp3) is 0.882. The van der Waals surface area contributed by atoms with Crippen LogP contribution in [0.5, 0.6) is 0 Å². The van der Waals surface area contributed by atoms with Gasteiger partial charge in [-0.2, -0.15) is 11.8 Å². The summed E-state index contributed by atoms with van der Waals surface area (Å²) in [5.41, 5.74) is 0. The molecule has 0 unspecified atom stereocenters. The minimum Gasteiger partial charge on any atom is -0.356 e. The van der Waals surface area contributed by atoms with E-state index in [1.807, 2.05) is 0 Å². The predicted molar refractivity (Wildman–Crippen MR) is 105 cm³/mol. The van der Waals surface area contributed by atoms with Gasteiger partial charge in [-0.3, -0.25) is 4.79 Å². The molecule has 0 aromatic heterocycles. The average molecular weight is 358 g/mol. The van der Waals surface area contributed by atoms with Gasteiger partial charge in [0.2, 0.25) is 5.91 Å². The maximum absolute atomic E-state index is 11.8. The molecule has 1 amide bonds. The third-order valence-corrected chi connectivity index (χ3v) is 4.84. The van der Waals surface area contributed by atoms with E-state index in [0.29, 0.717) is 6.04 Å². The van der Waals surface area contributed by atoms with Crippen molar-refractivity contribution < 1.29 is 4.79 Å². The zero-order valence-corrected chi connectivity index (χ0v) is 16.6. The number of aliphatic imine (C=N–C) groups is 1. The Morgan fingerprint density at radius 3 is 2.62 bits per heavy atom. The number of nitrogens with one attached hydrogen (secondary N) is 2. The number of unbranched alkanes of at least 4 members (excludes halogenated alkanes) is 1. The smallest absolute Gasteiger partial charge is 0.243 e. The van der Waals surface area contributed by atoms with Gasteiger partial charge in [-0.05, 0) is 32.1 Å². The van der Waals surface area contributed by atoms with Crippen LogP contribution in [0.25, 0.3) is 0 Å². The maximum atomic E-state index is 11.8. The molecule has 0 spiro atoms. The number of amides is 1. The summed E-state index contributed by atoms with van der Waals surface area (Å²) < 4.78 is 0. The molecule has 1 heterocycles. The molecule has 0 aromatic rings. The highest BCUT2D eigenvalue weighted by Crippen LogP contribution is 2.11. The molecule has 6 nitrogen and oxygen atoms in total. The third-order valence-electron chi connectivity index (χ3n) is 4.23. The lowest BCUT2D eigenvalue weighted by atomic mass is 10.0. The zero-order valence-electron chi connectivity index (χ0n) is 15.8. The minimum absolute atomic E-state index is 0.0235. The number of hydrogen-bond acceptors (Lipinski definition) is 4. The molecule has 1 aliphatic rings. The topological polar surface area (TPSA) is 60.0 Å². The number of thioether (sulfide) groups is 1. The molecule has 0 aliphatic carbocycles. The van der Waals surface area contributed by atoms with Crippen LogP contribution in [0.15, 0.2) is 4.99 Å². The first-order valence-electron chi connectivity index (χ1n) is 9.03. The summed E-state index contributed by atoms with van der Waals surface area (Å²) in [5.74, 6) is 1.82. The lowest BCUT2D eigenvalue weighted by Gasteiger charge is -2.33. The van der Waals surface area contributed by atoms with Crippen LogP contribution in [-0.4, -0.2) is 86.5 Å². The number of likely N-dealkylation sites (N-methyl/N-ethyl adjacent to an activating group) is 1. The van der Waals surface area contributed by atoms with Gasteiger partial charge in [0.1, 0.15) is 6.54 Å². The lowest BCUT2D eigenvalue weighted by Crippen LogP contribution is -2.49. The molecule has 1 aliphatic heterocycles. The van der Waals surface area contributed by atoms with Crippen molar-refractivity contribution in [2.24, 2.45) is 4.99 Å². The average Bonchev–Trinajstić information content (AvgIpc) is 2.58. The molecule has 24 heavy (non-hydrogen) atoms. The van der Waals surface area contributed by atoms with Crippen molar-refractivity contribution in [2.45, 2.75) is 38.6 Å². The number of rotatable bonds is 9. The van der Waals surface area contributed by atoms with E-state index in [9.17, 15) is 4.79 Å². The van der Waals surface area contributed by atoms with E-state index in [0.717, 1.165) is 44.2 Å². The van der Waals surface area contributed by atoms with Crippen molar-refractivity contribution in [2.75, 3.05) is 58.8 Å². The van der Waals surface area contributed by atoms with E-state index in [-0.39, 0.29) is 12.5 Å². The van der Waals surface area contributed by atoms with Crippen LogP contribution >= 0.6 is 11.8 Å². The normalized spacial score (nSPS) is 16.9. The Kier molecular flexibility index (Phi) is 10.9. The molecule has 140 valence electrons. The fourth-order valence-electron chi connectivity index (χ4n) is 2.59. The summed E-state index contributed by atoms with van der Waals surface area (Å²) in [6, 6.07) is 0.442. The van der Waals surface area contributed by atoms with E-state index in [4.69, 9.17) is 0 Å². The zero-order chi connectivity index (χ0) is 17.8.